The summed E-state index contributed by atoms with van der Waals surface area (Å²) in [6, 6.07) is 18.8. The molecule has 0 bridgehead atoms. The van der Waals surface area contributed by atoms with Gasteiger partial charge in [0.15, 0.2) is 11.0 Å². The summed E-state index contributed by atoms with van der Waals surface area (Å²) >= 11 is 7.22. The standard InChI is InChI=1S/C22H18ClN5OS/c1-15-4-2-3-5-19(15)28-21(16-10-12-24-13-11-16)26-27-22(28)30-14-20(29)25-18-8-6-17(23)7-9-18/h2-13H,14H2,1H3,(H,25,29). The molecule has 0 saturated carbocycles. The van der Waals surface area contributed by atoms with Crippen LogP contribution in [-0.4, -0.2) is 31.4 Å². The molecular weight excluding hydrogens is 418 g/mol. The van der Waals surface area contributed by atoms with Crippen LogP contribution in [0.3, 0.4) is 0 Å². The summed E-state index contributed by atoms with van der Waals surface area (Å²) in [7, 11) is 0. The van der Waals surface area contributed by atoms with Crippen LogP contribution in [0.15, 0.2) is 78.2 Å². The number of nitrogens with one attached hydrogen (secondary N) is 1. The summed E-state index contributed by atoms with van der Waals surface area (Å²) in [6.07, 6.45) is 3.44. The molecule has 2 heterocycles. The number of carbonyl (C=O) groups excluding carboxylic acids is 1. The fourth-order valence-electron chi connectivity index (χ4n) is 2.94. The molecule has 0 atom stereocenters. The topological polar surface area (TPSA) is 72.7 Å². The van der Waals surface area contributed by atoms with Gasteiger partial charge in [-0.15, -0.1) is 10.2 Å². The lowest BCUT2D eigenvalue weighted by Crippen LogP contribution is -2.14. The molecule has 0 unspecified atom stereocenters. The van der Waals surface area contributed by atoms with Gasteiger partial charge < -0.3 is 5.32 Å². The van der Waals surface area contributed by atoms with E-state index in [9.17, 15) is 4.79 Å². The van der Waals surface area contributed by atoms with Crippen LogP contribution in [-0.2, 0) is 4.79 Å². The Morgan fingerprint density at radius 2 is 1.77 bits per heavy atom. The molecule has 0 aliphatic heterocycles. The second kappa shape index (κ2) is 9.11. The average molecular weight is 436 g/mol. The van der Waals surface area contributed by atoms with Gasteiger partial charge in [-0.2, -0.15) is 0 Å². The predicted octanol–water partition coefficient (Wildman–Crippen LogP) is 5.02. The van der Waals surface area contributed by atoms with E-state index in [4.69, 9.17) is 11.6 Å². The molecule has 0 fully saturated rings. The zero-order valence-corrected chi connectivity index (χ0v) is 17.7. The first-order valence-electron chi connectivity index (χ1n) is 9.22. The molecule has 8 heteroatoms. The van der Waals surface area contributed by atoms with E-state index in [-0.39, 0.29) is 11.7 Å². The van der Waals surface area contributed by atoms with Gasteiger partial charge in [-0.25, -0.2) is 0 Å². The lowest BCUT2D eigenvalue weighted by molar-refractivity contribution is -0.113. The molecule has 0 aliphatic carbocycles. The van der Waals surface area contributed by atoms with E-state index in [1.54, 1.807) is 36.7 Å². The Balaban J connectivity index is 1.60. The highest BCUT2D eigenvalue weighted by Gasteiger charge is 2.18. The van der Waals surface area contributed by atoms with Crippen LogP contribution in [0, 0.1) is 6.92 Å². The van der Waals surface area contributed by atoms with Gasteiger partial charge in [0.2, 0.25) is 5.91 Å². The lowest BCUT2D eigenvalue weighted by Gasteiger charge is -2.13. The number of amides is 1. The Labute approximate surface area is 183 Å². The Kier molecular flexibility index (Phi) is 6.11. The van der Waals surface area contributed by atoms with E-state index in [0.717, 1.165) is 16.8 Å². The molecule has 0 aliphatic rings. The van der Waals surface area contributed by atoms with Crippen molar-refractivity contribution in [2.75, 3.05) is 11.1 Å². The zero-order valence-electron chi connectivity index (χ0n) is 16.1. The number of rotatable bonds is 6. The van der Waals surface area contributed by atoms with Crippen molar-refractivity contribution in [2.45, 2.75) is 12.1 Å². The molecular formula is C22H18ClN5OS. The van der Waals surface area contributed by atoms with Gasteiger partial charge in [0.1, 0.15) is 0 Å². The van der Waals surface area contributed by atoms with E-state index >= 15 is 0 Å². The van der Waals surface area contributed by atoms with Crippen molar-refractivity contribution < 1.29 is 4.79 Å². The summed E-state index contributed by atoms with van der Waals surface area (Å²) in [5, 5.41) is 12.9. The fourth-order valence-corrected chi connectivity index (χ4v) is 3.81. The number of aromatic nitrogens is 4. The summed E-state index contributed by atoms with van der Waals surface area (Å²) in [6.45, 7) is 2.04. The van der Waals surface area contributed by atoms with Gasteiger partial charge in [-0.05, 0) is 55.0 Å². The van der Waals surface area contributed by atoms with Crippen LogP contribution in [0.2, 0.25) is 5.02 Å². The maximum atomic E-state index is 12.4. The molecule has 0 saturated heterocycles. The van der Waals surface area contributed by atoms with Crippen molar-refractivity contribution in [3.63, 3.8) is 0 Å². The largest absolute Gasteiger partial charge is 0.325 e. The smallest absolute Gasteiger partial charge is 0.234 e. The predicted molar refractivity (Wildman–Crippen MR) is 120 cm³/mol. The van der Waals surface area contributed by atoms with Crippen molar-refractivity contribution in [3.8, 4) is 17.1 Å². The van der Waals surface area contributed by atoms with Gasteiger partial charge in [0.25, 0.3) is 0 Å². The number of hydrogen-bond acceptors (Lipinski definition) is 5. The molecule has 2 aromatic carbocycles. The Morgan fingerprint density at radius 1 is 1.03 bits per heavy atom. The number of halogens is 1. The molecule has 1 amide bonds. The summed E-state index contributed by atoms with van der Waals surface area (Å²) in [5.41, 5.74) is 3.65. The highest BCUT2D eigenvalue weighted by molar-refractivity contribution is 7.99. The highest BCUT2D eigenvalue weighted by Crippen LogP contribution is 2.29. The van der Waals surface area contributed by atoms with Crippen molar-refractivity contribution in [1.29, 1.82) is 0 Å². The normalized spacial score (nSPS) is 10.7. The number of aryl methyl sites for hydroxylation is 1. The molecule has 0 radical (unpaired) electrons. The molecule has 1 N–H and O–H groups in total. The van der Waals surface area contributed by atoms with E-state index in [1.165, 1.54) is 11.8 Å². The number of hydrogen-bond donors (Lipinski definition) is 1. The van der Waals surface area contributed by atoms with E-state index < -0.39 is 0 Å². The summed E-state index contributed by atoms with van der Waals surface area (Å²) in [4.78, 5) is 16.5. The highest BCUT2D eigenvalue weighted by atomic mass is 35.5. The van der Waals surface area contributed by atoms with Gasteiger partial charge >= 0.3 is 0 Å². The Morgan fingerprint density at radius 3 is 2.50 bits per heavy atom. The number of carbonyl (C=O) groups is 1. The monoisotopic (exact) mass is 435 g/mol. The summed E-state index contributed by atoms with van der Waals surface area (Å²) in [5.74, 6) is 0.766. The molecule has 6 nitrogen and oxygen atoms in total. The Hall–Kier alpha value is -3.16. The average Bonchev–Trinajstić information content (AvgIpc) is 3.18. The minimum atomic E-state index is -0.132. The van der Waals surface area contributed by atoms with Gasteiger partial charge in [-0.3, -0.25) is 14.3 Å². The maximum Gasteiger partial charge on any atom is 0.234 e. The van der Waals surface area contributed by atoms with Crippen molar-refractivity contribution in [3.05, 3.63) is 83.6 Å². The third-order valence-electron chi connectivity index (χ3n) is 4.39. The number of pyridine rings is 1. The van der Waals surface area contributed by atoms with Crippen molar-refractivity contribution in [2.24, 2.45) is 0 Å². The zero-order chi connectivity index (χ0) is 20.9. The number of para-hydroxylation sites is 1. The maximum absolute atomic E-state index is 12.4. The molecule has 2 aromatic heterocycles. The number of nitrogens with zero attached hydrogens (tertiary/aromatic N) is 4. The molecule has 4 rings (SSSR count). The molecule has 4 aromatic rings. The van der Waals surface area contributed by atoms with E-state index in [0.29, 0.717) is 21.7 Å². The third kappa shape index (κ3) is 4.53. The van der Waals surface area contributed by atoms with Crippen LogP contribution < -0.4 is 5.32 Å². The molecule has 0 spiro atoms. The van der Waals surface area contributed by atoms with Crippen LogP contribution >= 0.6 is 23.4 Å². The van der Waals surface area contributed by atoms with Crippen LogP contribution in [0.4, 0.5) is 5.69 Å². The van der Waals surface area contributed by atoms with Gasteiger partial charge in [0, 0.05) is 28.7 Å². The minimum absolute atomic E-state index is 0.132. The van der Waals surface area contributed by atoms with Gasteiger partial charge in [0.05, 0.1) is 11.4 Å². The second-order valence-corrected chi connectivity index (χ2v) is 7.89. The van der Waals surface area contributed by atoms with Crippen molar-refractivity contribution >= 4 is 35.0 Å². The third-order valence-corrected chi connectivity index (χ3v) is 5.57. The van der Waals surface area contributed by atoms with Gasteiger partial charge in [-0.1, -0.05) is 41.6 Å². The number of anilines is 1. The van der Waals surface area contributed by atoms with Crippen LogP contribution in [0.1, 0.15) is 5.56 Å². The first-order valence-corrected chi connectivity index (χ1v) is 10.6. The quantitative estimate of drug-likeness (QED) is 0.430. The first kappa shape index (κ1) is 20.1. The van der Waals surface area contributed by atoms with Crippen LogP contribution in [0.25, 0.3) is 17.1 Å². The lowest BCUT2D eigenvalue weighted by atomic mass is 10.2. The number of thioether (sulfide) groups is 1. The fraction of sp³-hybridized carbons (Fsp3) is 0.0909. The second-order valence-electron chi connectivity index (χ2n) is 6.51. The molecule has 150 valence electrons. The van der Waals surface area contributed by atoms with E-state index in [2.05, 4.69) is 20.5 Å². The summed E-state index contributed by atoms with van der Waals surface area (Å²) < 4.78 is 1.98. The number of benzene rings is 2. The van der Waals surface area contributed by atoms with Crippen molar-refractivity contribution in [1.82, 2.24) is 19.7 Å². The SMILES string of the molecule is Cc1ccccc1-n1c(SCC(=O)Nc2ccc(Cl)cc2)nnc1-c1ccncc1. The van der Waals surface area contributed by atoms with Crippen LogP contribution in [0.5, 0.6) is 0 Å². The van der Waals surface area contributed by atoms with E-state index in [1.807, 2.05) is 47.9 Å². The Bertz CT molecular complexity index is 1160. The molecule has 30 heavy (non-hydrogen) atoms. The minimum Gasteiger partial charge on any atom is -0.325 e. The first-order chi connectivity index (χ1) is 14.6.